The van der Waals surface area contributed by atoms with E-state index in [2.05, 4.69) is 36.9 Å². The van der Waals surface area contributed by atoms with Gasteiger partial charge in [0.2, 0.25) is 0 Å². The van der Waals surface area contributed by atoms with Gasteiger partial charge in [0.25, 0.3) is 0 Å². The Balaban J connectivity index is 1.96. The highest BCUT2D eigenvalue weighted by Gasteiger charge is 2.26. The average Bonchev–Trinajstić information content (AvgIpc) is 2.46. The van der Waals surface area contributed by atoms with Crippen molar-refractivity contribution >= 4 is 28.3 Å². The fourth-order valence-corrected chi connectivity index (χ4v) is 3.07. The molecular weight excluding hydrogens is 268 g/mol. The number of hydrogen-bond acceptors (Lipinski definition) is 2. The van der Waals surface area contributed by atoms with Crippen molar-refractivity contribution in [2.75, 3.05) is 18.0 Å². The van der Waals surface area contributed by atoms with Crippen molar-refractivity contribution in [1.29, 1.82) is 0 Å². The van der Waals surface area contributed by atoms with E-state index in [4.69, 9.17) is 16.6 Å². The van der Waals surface area contributed by atoms with Crippen LogP contribution in [0.1, 0.15) is 32.3 Å². The molecule has 0 saturated carbocycles. The standard InChI is InChI=1S/C17H21ClN2/c1-17(2)7-9-20(10-8-17)16-11-13(12-18)14-5-3-4-6-15(14)19-16/h3-6,11H,7-10,12H2,1-2H3. The first-order chi connectivity index (χ1) is 9.59. The zero-order valence-corrected chi connectivity index (χ0v) is 13.0. The summed E-state index contributed by atoms with van der Waals surface area (Å²) in [7, 11) is 0. The zero-order valence-electron chi connectivity index (χ0n) is 12.2. The lowest BCUT2D eigenvalue weighted by molar-refractivity contribution is 0.279. The summed E-state index contributed by atoms with van der Waals surface area (Å²) in [6.45, 7) is 6.87. The lowest BCUT2D eigenvalue weighted by Crippen LogP contribution is -2.37. The van der Waals surface area contributed by atoms with Crippen molar-refractivity contribution in [1.82, 2.24) is 4.98 Å². The fourth-order valence-electron chi connectivity index (χ4n) is 2.85. The summed E-state index contributed by atoms with van der Waals surface area (Å²) >= 11 is 6.12. The van der Waals surface area contributed by atoms with Crippen LogP contribution in [0, 0.1) is 5.41 Å². The Morgan fingerprint density at radius 2 is 1.90 bits per heavy atom. The van der Waals surface area contributed by atoms with Crippen molar-refractivity contribution in [2.24, 2.45) is 5.41 Å². The molecule has 0 aliphatic carbocycles. The number of benzene rings is 1. The van der Waals surface area contributed by atoms with E-state index in [1.165, 1.54) is 23.8 Å². The molecule has 0 atom stereocenters. The molecule has 2 nitrogen and oxygen atoms in total. The second-order valence-electron chi connectivity index (χ2n) is 6.44. The van der Waals surface area contributed by atoms with Crippen LogP contribution < -0.4 is 4.90 Å². The number of pyridine rings is 1. The number of alkyl halides is 1. The van der Waals surface area contributed by atoms with Gasteiger partial charge in [-0.1, -0.05) is 32.0 Å². The Morgan fingerprint density at radius 3 is 2.60 bits per heavy atom. The predicted octanol–water partition coefficient (Wildman–Crippen LogP) is 4.60. The zero-order chi connectivity index (χ0) is 14.2. The summed E-state index contributed by atoms with van der Waals surface area (Å²) in [6, 6.07) is 10.4. The fraction of sp³-hybridized carbons (Fsp3) is 0.471. The number of halogens is 1. The third kappa shape index (κ3) is 2.62. The lowest BCUT2D eigenvalue weighted by atomic mass is 9.83. The molecule has 2 aromatic rings. The molecule has 1 aromatic heterocycles. The van der Waals surface area contributed by atoms with Gasteiger partial charge in [-0.2, -0.15) is 0 Å². The SMILES string of the molecule is CC1(C)CCN(c2cc(CCl)c3ccccc3n2)CC1. The van der Waals surface area contributed by atoms with Crippen LogP contribution in [0.2, 0.25) is 0 Å². The third-order valence-corrected chi connectivity index (χ3v) is 4.66. The van der Waals surface area contributed by atoms with Gasteiger partial charge in [-0.3, -0.25) is 0 Å². The van der Waals surface area contributed by atoms with Crippen LogP contribution in [0.3, 0.4) is 0 Å². The summed E-state index contributed by atoms with van der Waals surface area (Å²) in [5.41, 5.74) is 2.69. The van der Waals surface area contributed by atoms with Crippen LogP contribution in [0.25, 0.3) is 10.9 Å². The van der Waals surface area contributed by atoms with Gasteiger partial charge in [0.1, 0.15) is 5.82 Å². The molecule has 2 heterocycles. The summed E-state index contributed by atoms with van der Waals surface area (Å²) < 4.78 is 0. The van der Waals surface area contributed by atoms with Gasteiger partial charge in [0.05, 0.1) is 5.52 Å². The molecule has 20 heavy (non-hydrogen) atoms. The van der Waals surface area contributed by atoms with Crippen molar-refractivity contribution in [3.05, 3.63) is 35.9 Å². The van der Waals surface area contributed by atoms with Gasteiger partial charge in [0, 0.05) is 24.4 Å². The molecule has 0 N–H and O–H groups in total. The summed E-state index contributed by atoms with van der Waals surface area (Å²) in [4.78, 5) is 7.22. The highest BCUT2D eigenvalue weighted by molar-refractivity contribution is 6.18. The number of hydrogen-bond donors (Lipinski definition) is 0. The number of fused-ring (bicyclic) bond motifs is 1. The van der Waals surface area contributed by atoms with Gasteiger partial charge < -0.3 is 4.90 Å². The van der Waals surface area contributed by atoms with E-state index in [0.717, 1.165) is 24.4 Å². The van der Waals surface area contributed by atoms with Gasteiger partial charge in [-0.05, 0) is 36.0 Å². The van der Waals surface area contributed by atoms with Gasteiger partial charge in [-0.15, -0.1) is 11.6 Å². The van der Waals surface area contributed by atoms with Gasteiger partial charge in [0.15, 0.2) is 0 Å². The van der Waals surface area contributed by atoms with Crippen molar-refractivity contribution < 1.29 is 0 Å². The highest BCUT2D eigenvalue weighted by Crippen LogP contribution is 2.33. The smallest absolute Gasteiger partial charge is 0.129 e. The van der Waals surface area contributed by atoms with Crippen molar-refractivity contribution in [3.8, 4) is 0 Å². The molecule has 3 heteroatoms. The normalized spacial score (nSPS) is 18.4. The monoisotopic (exact) mass is 288 g/mol. The quantitative estimate of drug-likeness (QED) is 0.751. The maximum absolute atomic E-state index is 6.12. The molecule has 0 bridgehead atoms. The second-order valence-corrected chi connectivity index (χ2v) is 6.71. The Bertz CT molecular complexity index is 611. The van der Waals surface area contributed by atoms with E-state index in [1.54, 1.807) is 0 Å². The topological polar surface area (TPSA) is 16.1 Å². The van der Waals surface area contributed by atoms with E-state index in [9.17, 15) is 0 Å². The first kappa shape index (κ1) is 13.7. The molecule has 0 radical (unpaired) electrons. The van der Waals surface area contributed by atoms with E-state index >= 15 is 0 Å². The third-order valence-electron chi connectivity index (χ3n) is 4.37. The van der Waals surface area contributed by atoms with E-state index < -0.39 is 0 Å². The summed E-state index contributed by atoms with van der Waals surface area (Å²) in [5, 5.41) is 1.17. The Kier molecular flexibility index (Phi) is 3.59. The molecule has 3 rings (SSSR count). The molecule has 0 unspecified atom stereocenters. The van der Waals surface area contributed by atoms with Crippen LogP contribution in [0.15, 0.2) is 30.3 Å². The van der Waals surface area contributed by atoms with Crippen LogP contribution >= 0.6 is 11.6 Å². The maximum Gasteiger partial charge on any atom is 0.129 e. The molecule has 0 spiro atoms. The summed E-state index contributed by atoms with van der Waals surface area (Å²) in [5.74, 6) is 1.62. The van der Waals surface area contributed by atoms with Crippen LogP contribution in [0.4, 0.5) is 5.82 Å². The average molecular weight is 289 g/mol. The van der Waals surface area contributed by atoms with Crippen LogP contribution in [-0.4, -0.2) is 18.1 Å². The minimum absolute atomic E-state index is 0.461. The van der Waals surface area contributed by atoms with E-state index in [-0.39, 0.29) is 0 Å². The largest absolute Gasteiger partial charge is 0.357 e. The number of aromatic nitrogens is 1. The molecule has 0 amide bonds. The molecule has 1 aliphatic rings. The molecule has 1 fully saturated rings. The Labute approximate surface area is 125 Å². The first-order valence-electron chi connectivity index (χ1n) is 7.29. The molecular formula is C17H21ClN2. The number of piperidine rings is 1. The number of para-hydroxylation sites is 1. The van der Waals surface area contributed by atoms with E-state index in [1.807, 2.05) is 12.1 Å². The molecule has 106 valence electrons. The Morgan fingerprint density at radius 1 is 1.20 bits per heavy atom. The van der Waals surface area contributed by atoms with Crippen LogP contribution in [-0.2, 0) is 5.88 Å². The van der Waals surface area contributed by atoms with E-state index in [0.29, 0.717) is 11.3 Å². The maximum atomic E-state index is 6.12. The molecule has 1 aromatic carbocycles. The van der Waals surface area contributed by atoms with Crippen molar-refractivity contribution in [3.63, 3.8) is 0 Å². The van der Waals surface area contributed by atoms with Crippen LogP contribution in [0.5, 0.6) is 0 Å². The predicted molar refractivity (Wildman–Crippen MR) is 86.5 cm³/mol. The first-order valence-corrected chi connectivity index (χ1v) is 7.82. The Hall–Kier alpha value is -1.28. The minimum Gasteiger partial charge on any atom is -0.357 e. The number of anilines is 1. The molecule has 1 aliphatic heterocycles. The second kappa shape index (κ2) is 5.25. The minimum atomic E-state index is 0.461. The number of rotatable bonds is 2. The van der Waals surface area contributed by atoms with Gasteiger partial charge in [-0.25, -0.2) is 4.98 Å². The number of nitrogens with zero attached hydrogens (tertiary/aromatic N) is 2. The van der Waals surface area contributed by atoms with Crippen molar-refractivity contribution in [2.45, 2.75) is 32.6 Å². The summed E-state index contributed by atoms with van der Waals surface area (Å²) in [6.07, 6.45) is 2.44. The lowest BCUT2D eigenvalue weighted by Gasteiger charge is -2.37. The highest BCUT2D eigenvalue weighted by atomic mass is 35.5. The van der Waals surface area contributed by atoms with Gasteiger partial charge >= 0.3 is 0 Å². The molecule has 1 saturated heterocycles.